The third-order valence-corrected chi connectivity index (χ3v) is 9.69. The molecule has 0 nitrogen and oxygen atoms in total. The largest absolute Gasteiger partial charge is 0.203 e. The summed E-state index contributed by atoms with van der Waals surface area (Å²) in [7, 11) is 0. The number of hydrogen-bond donors (Lipinski definition) is 0. The summed E-state index contributed by atoms with van der Waals surface area (Å²) in [6.07, 6.45) is 25.1. The zero-order valence-corrected chi connectivity index (χ0v) is 21.9. The van der Waals surface area contributed by atoms with E-state index >= 15 is 4.39 Å². The van der Waals surface area contributed by atoms with E-state index in [0.717, 1.165) is 54.9 Å². The van der Waals surface area contributed by atoms with E-state index in [4.69, 9.17) is 0 Å². The fourth-order valence-corrected chi connectivity index (χ4v) is 7.66. The molecular formula is C32H48F2. The number of allylic oxidation sites excluding steroid dienone is 2. The van der Waals surface area contributed by atoms with E-state index in [1.54, 1.807) is 0 Å². The molecule has 1 aromatic rings. The summed E-state index contributed by atoms with van der Waals surface area (Å²) >= 11 is 0. The van der Waals surface area contributed by atoms with Gasteiger partial charge in [-0.25, -0.2) is 8.78 Å². The normalized spacial score (nSPS) is 29.2. The van der Waals surface area contributed by atoms with Gasteiger partial charge < -0.3 is 0 Å². The van der Waals surface area contributed by atoms with Crippen molar-refractivity contribution in [3.05, 3.63) is 46.5 Å². The van der Waals surface area contributed by atoms with Crippen LogP contribution < -0.4 is 0 Å². The Balaban J connectivity index is 1.29. The van der Waals surface area contributed by atoms with Crippen LogP contribution in [0.3, 0.4) is 0 Å². The van der Waals surface area contributed by atoms with Crippen molar-refractivity contribution >= 4 is 0 Å². The molecule has 0 aromatic heterocycles. The number of fused-ring (bicyclic) bond motifs is 2. The first-order chi connectivity index (χ1) is 16.6. The lowest BCUT2D eigenvalue weighted by Crippen LogP contribution is -2.35. The Bertz CT molecular complexity index is 810. The number of benzene rings is 1. The highest BCUT2D eigenvalue weighted by molar-refractivity contribution is 5.37. The van der Waals surface area contributed by atoms with Gasteiger partial charge in [0.05, 0.1) is 0 Å². The van der Waals surface area contributed by atoms with Crippen LogP contribution in [0.25, 0.3) is 0 Å². The predicted octanol–water partition coefficient (Wildman–Crippen LogP) is 9.77. The average Bonchev–Trinajstić information content (AvgIpc) is 2.86. The van der Waals surface area contributed by atoms with Gasteiger partial charge in [0.1, 0.15) is 0 Å². The lowest BCUT2D eigenvalue weighted by molar-refractivity contribution is 0.0686. The molecule has 4 rings (SSSR count). The quantitative estimate of drug-likeness (QED) is 0.236. The highest BCUT2D eigenvalue weighted by atomic mass is 19.2. The van der Waals surface area contributed by atoms with E-state index < -0.39 is 11.6 Å². The van der Waals surface area contributed by atoms with Gasteiger partial charge in [-0.1, -0.05) is 70.1 Å². The van der Waals surface area contributed by atoms with Gasteiger partial charge in [-0.3, -0.25) is 0 Å². The van der Waals surface area contributed by atoms with E-state index in [1.165, 1.54) is 77.0 Å². The van der Waals surface area contributed by atoms with Crippen LogP contribution in [0.2, 0.25) is 0 Å². The maximum atomic E-state index is 15.1. The maximum absolute atomic E-state index is 15.1. The number of halogens is 2. The Morgan fingerprint density at radius 1 is 0.853 bits per heavy atom. The van der Waals surface area contributed by atoms with Crippen LogP contribution in [0, 0.1) is 41.2 Å². The lowest BCUT2D eigenvalue weighted by atomic mass is 9.60. The molecule has 0 spiro atoms. The molecular weight excluding hydrogens is 422 g/mol. The van der Waals surface area contributed by atoms with Crippen LogP contribution in [0.5, 0.6) is 0 Å². The zero-order valence-electron chi connectivity index (χ0n) is 21.9. The molecule has 5 atom stereocenters. The molecule has 3 aliphatic rings. The zero-order chi connectivity index (χ0) is 23.9. The molecule has 190 valence electrons. The summed E-state index contributed by atoms with van der Waals surface area (Å²) < 4.78 is 29.9. The SMILES string of the molecule is C/C=C/CCc1cc2c(c(F)c1F)CC(C1CCC3CC(CCCCCCC)CCC3C1)CC2. The second-order valence-corrected chi connectivity index (χ2v) is 11.9. The Morgan fingerprint density at radius 3 is 2.38 bits per heavy atom. The summed E-state index contributed by atoms with van der Waals surface area (Å²) in [5.41, 5.74) is 2.35. The van der Waals surface area contributed by atoms with Crippen molar-refractivity contribution in [3.63, 3.8) is 0 Å². The summed E-state index contributed by atoms with van der Waals surface area (Å²) in [5.74, 6) is 2.96. The first kappa shape index (κ1) is 25.9. The molecule has 0 saturated heterocycles. The molecule has 3 aliphatic carbocycles. The molecule has 0 bridgehead atoms. The summed E-state index contributed by atoms with van der Waals surface area (Å²) in [6.45, 7) is 4.26. The first-order valence-corrected chi connectivity index (χ1v) is 14.7. The number of aryl methyl sites for hydroxylation is 2. The van der Waals surface area contributed by atoms with Crippen LogP contribution in [0.15, 0.2) is 18.2 Å². The minimum atomic E-state index is -0.583. The van der Waals surface area contributed by atoms with Crippen molar-refractivity contribution in [1.29, 1.82) is 0 Å². The van der Waals surface area contributed by atoms with Crippen molar-refractivity contribution in [2.45, 2.75) is 123 Å². The monoisotopic (exact) mass is 470 g/mol. The molecule has 0 amide bonds. The Morgan fingerprint density at radius 2 is 1.59 bits per heavy atom. The third kappa shape index (κ3) is 6.33. The van der Waals surface area contributed by atoms with Crippen LogP contribution in [-0.4, -0.2) is 0 Å². The van der Waals surface area contributed by atoms with Crippen molar-refractivity contribution in [2.24, 2.45) is 29.6 Å². The van der Waals surface area contributed by atoms with Gasteiger partial charge in [0.2, 0.25) is 0 Å². The van der Waals surface area contributed by atoms with E-state index in [9.17, 15) is 4.39 Å². The lowest BCUT2D eigenvalue weighted by Gasteiger charge is -2.45. The van der Waals surface area contributed by atoms with Gasteiger partial charge in [-0.15, -0.1) is 0 Å². The van der Waals surface area contributed by atoms with Gasteiger partial charge in [-0.05, 0) is 117 Å². The smallest absolute Gasteiger partial charge is 0.162 e. The van der Waals surface area contributed by atoms with Crippen LogP contribution in [-0.2, 0) is 19.3 Å². The Kier molecular flexibility index (Phi) is 9.66. The molecule has 1 aromatic carbocycles. The average molecular weight is 471 g/mol. The maximum Gasteiger partial charge on any atom is 0.162 e. The summed E-state index contributed by atoms with van der Waals surface area (Å²) in [5, 5.41) is 0. The fourth-order valence-electron chi connectivity index (χ4n) is 7.66. The van der Waals surface area contributed by atoms with E-state index in [-0.39, 0.29) is 0 Å². The molecule has 2 fully saturated rings. The van der Waals surface area contributed by atoms with Crippen LogP contribution in [0.1, 0.15) is 120 Å². The Labute approximate surface area is 208 Å². The molecule has 5 unspecified atom stereocenters. The number of unbranched alkanes of at least 4 members (excludes halogenated alkanes) is 4. The van der Waals surface area contributed by atoms with E-state index in [0.29, 0.717) is 23.5 Å². The molecule has 0 aliphatic heterocycles. The first-order valence-electron chi connectivity index (χ1n) is 14.7. The minimum absolute atomic E-state index is 0.536. The van der Waals surface area contributed by atoms with Crippen molar-refractivity contribution in [2.75, 3.05) is 0 Å². The van der Waals surface area contributed by atoms with E-state index in [1.807, 2.05) is 25.1 Å². The molecule has 0 heterocycles. The van der Waals surface area contributed by atoms with E-state index in [2.05, 4.69) is 6.92 Å². The summed E-state index contributed by atoms with van der Waals surface area (Å²) in [4.78, 5) is 0. The van der Waals surface area contributed by atoms with Crippen molar-refractivity contribution in [3.8, 4) is 0 Å². The topological polar surface area (TPSA) is 0 Å². The summed E-state index contributed by atoms with van der Waals surface area (Å²) in [6, 6.07) is 1.98. The second kappa shape index (κ2) is 12.7. The molecule has 34 heavy (non-hydrogen) atoms. The molecule has 0 N–H and O–H groups in total. The second-order valence-electron chi connectivity index (χ2n) is 11.9. The van der Waals surface area contributed by atoms with Crippen molar-refractivity contribution in [1.82, 2.24) is 0 Å². The molecule has 0 radical (unpaired) electrons. The predicted molar refractivity (Wildman–Crippen MR) is 140 cm³/mol. The highest BCUT2D eigenvalue weighted by Gasteiger charge is 2.39. The Hall–Kier alpha value is -1.18. The third-order valence-electron chi connectivity index (χ3n) is 9.69. The van der Waals surface area contributed by atoms with Gasteiger partial charge in [0.15, 0.2) is 11.6 Å². The number of hydrogen-bond acceptors (Lipinski definition) is 0. The van der Waals surface area contributed by atoms with Crippen LogP contribution >= 0.6 is 0 Å². The molecule has 2 heteroatoms. The van der Waals surface area contributed by atoms with Crippen LogP contribution in [0.4, 0.5) is 8.78 Å². The fraction of sp³-hybridized carbons (Fsp3) is 0.750. The standard InChI is InChI=1S/C32H48F2/c1-3-5-7-8-10-11-23-13-14-25-20-26(16-15-24(25)19-23)27-17-18-28-21-29(12-9-6-4-2)31(33)32(34)30(28)22-27/h4,6,21,23-27H,3,5,7-20,22H2,1-2H3/b6-4+. The highest BCUT2D eigenvalue weighted by Crippen LogP contribution is 2.49. The van der Waals surface area contributed by atoms with Gasteiger partial charge in [0.25, 0.3) is 0 Å². The minimum Gasteiger partial charge on any atom is -0.203 e. The van der Waals surface area contributed by atoms with Gasteiger partial charge in [0, 0.05) is 0 Å². The van der Waals surface area contributed by atoms with Gasteiger partial charge in [-0.2, -0.15) is 0 Å². The molecule has 2 saturated carbocycles. The number of rotatable bonds is 10. The van der Waals surface area contributed by atoms with Gasteiger partial charge >= 0.3 is 0 Å². The van der Waals surface area contributed by atoms with Crippen molar-refractivity contribution < 1.29 is 8.78 Å².